The predicted molar refractivity (Wildman–Crippen MR) is 73.0 cm³/mol. The summed E-state index contributed by atoms with van der Waals surface area (Å²) in [5.74, 6) is -2.17. The standard InChI is InChI=1S/C13H22N2O6/c1-13(6-3-7-21-8-13)15-12(20)14-9(11(18)19)4-2-5-10(16)17/h9H,2-8H2,1H3,(H,16,17)(H,18,19)(H2,14,15,20)/t9-,13?/m1/s1. The largest absolute Gasteiger partial charge is 0.481 e. The van der Waals surface area contributed by atoms with E-state index < -0.39 is 29.6 Å². The molecule has 0 aliphatic carbocycles. The zero-order valence-electron chi connectivity index (χ0n) is 12.1. The van der Waals surface area contributed by atoms with Crippen molar-refractivity contribution < 1.29 is 29.3 Å². The molecule has 0 saturated carbocycles. The van der Waals surface area contributed by atoms with Crippen LogP contribution in [0.25, 0.3) is 0 Å². The maximum atomic E-state index is 11.9. The lowest BCUT2D eigenvalue weighted by molar-refractivity contribution is -0.140. The molecule has 1 heterocycles. The lowest BCUT2D eigenvalue weighted by atomic mass is 9.95. The van der Waals surface area contributed by atoms with Crippen LogP contribution in [0.5, 0.6) is 0 Å². The van der Waals surface area contributed by atoms with Crippen molar-refractivity contribution in [3.8, 4) is 0 Å². The normalized spacial score (nSPS) is 23.1. The number of urea groups is 1. The number of nitrogens with one attached hydrogen (secondary N) is 2. The molecule has 0 aromatic rings. The predicted octanol–water partition coefficient (Wildman–Crippen LogP) is 0.563. The van der Waals surface area contributed by atoms with Gasteiger partial charge in [-0.15, -0.1) is 0 Å². The second-order valence-electron chi connectivity index (χ2n) is 5.49. The van der Waals surface area contributed by atoms with Crippen molar-refractivity contribution in [2.24, 2.45) is 0 Å². The number of hydrogen-bond donors (Lipinski definition) is 4. The Morgan fingerprint density at radius 2 is 2.05 bits per heavy atom. The monoisotopic (exact) mass is 302 g/mol. The Hall–Kier alpha value is -1.83. The first-order valence-corrected chi connectivity index (χ1v) is 6.93. The minimum absolute atomic E-state index is 0.0717. The molecule has 1 fully saturated rings. The molecule has 1 saturated heterocycles. The van der Waals surface area contributed by atoms with E-state index in [1.807, 2.05) is 6.92 Å². The van der Waals surface area contributed by atoms with Crippen LogP contribution in [0.15, 0.2) is 0 Å². The molecule has 2 amide bonds. The zero-order chi connectivity index (χ0) is 15.9. The molecule has 2 atom stereocenters. The van der Waals surface area contributed by atoms with Gasteiger partial charge in [0.05, 0.1) is 12.1 Å². The van der Waals surface area contributed by atoms with Crippen molar-refractivity contribution in [2.45, 2.75) is 50.6 Å². The molecule has 8 nitrogen and oxygen atoms in total. The van der Waals surface area contributed by atoms with Crippen molar-refractivity contribution in [1.29, 1.82) is 0 Å². The van der Waals surface area contributed by atoms with Crippen LogP contribution in [-0.2, 0) is 14.3 Å². The third-order valence-corrected chi connectivity index (χ3v) is 3.34. The summed E-state index contributed by atoms with van der Waals surface area (Å²) < 4.78 is 5.31. The topological polar surface area (TPSA) is 125 Å². The van der Waals surface area contributed by atoms with E-state index in [0.29, 0.717) is 13.2 Å². The molecule has 4 N–H and O–H groups in total. The molecule has 1 aliphatic heterocycles. The molecule has 1 unspecified atom stereocenters. The Morgan fingerprint density at radius 3 is 2.57 bits per heavy atom. The van der Waals surface area contributed by atoms with Gasteiger partial charge in [0.2, 0.25) is 0 Å². The number of aliphatic carboxylic acids is 2. The average Bonchev–Trinajstić information content (AvgIpc) is 2.37. The first-order valence-electron chi connectivity index (χ1n) is 6.93. The molecule has 0 aromatic heterocycles. The quantitative estimate of drug-likeness (QED) is 0.544. The van der Waals surface area contributed by atoms with Crippen molar-refractivity contribution in [3.05, 3.63) is 0 Å². The highest BCUT2D eigenvalue weighted by molar-refractivity contribution is 5.82. The summed E-state index contributed by atoms with van der Waals surface area (Å²) >= 11 is 0. The van der Waals surface area contributed by atoms with Crippen LogP contribution in [0.4, 0.5) is 4.79 Å². The number of ether oxygens (including phenoxy) is 1. The van der Waals surface area contributed by atoms with Gasteiger partial charge in [-0.1, -0.05) is 0 Å². The van der Waals surface area contributed by atoms with Crippen molar-refractivity contribution in [3.63, 3.8) is 0 Å². The van der Waals surface area contributed by atoms with Gasteiger partial charge >= 0.3 is 18.0 Å². The molecule has 0 radical (unpaired) electrons. The third-order valence-electron chi connectivity index (χ3n) is 3.34. The second kappa shape index (κ2) is 7.82. The van der Waals surface area contributed by atoms with Gasteiger partial charge in [-0.05, 0) is 32.6 Å². The first kappa shape index (κ1) is 17.2. The van der Waals surface area contributed by atoms with Crippen LogP contribution in [0.3, 0.4) is 0 Å². The Balaban J connectivity index is 2.44. The van der Waals surface area contributed by atoms with Gasteiger partial charge in [-0.2, -0.15) is 0 Å². The number of hydrogen-bond acceptors (Lipinski definition) is 4. The summed E-state index contributed by atoms with van der Waals surface area (Å²) in [6, 6.07) is -1.68. The lowest BCUT2D eigenvalue weighted by Crippen LogP contribution is -2.57. The highest BCUT2D eigenvalue weighted by atomic mass is 16.5. The van der Waals surface area contributed by atoms with E-state index in [4.69, 9.17) is 14.9 Å². The minimum Gasteiger partial charge on any atom is -0.481 e. The van der Waals surface area contributed by atoms with Gasteiger partial charge < -0.3 is 25.6 Å². The first-order chi connectivity index (χ1) is 9.82. The number of rotatable bonds is 7. The summed E-state index contributed by atoms with van der Waals surface area (Å²) in [5.41, 5.74) is -0.507. The van der Waals surface area contributed by atoms with Crippen LogP contribution in [-0.4, -0.2) is 53.0 Å². The summed E-state index contributed by atoms with van der Waals surface area (Å²) in [5, 5.41) is 22.7. The molecular weight excluding hydrogens is 280 g/mol. The number of amides is 2. The van der Waals surface area contributed by atoms with Crippen LogP contribution >= 0.6 is 0 Å². The highest BCUT2D eigenvalue weighted by Crippen LogP contribution is 2.18. The van der Waals surface area contributed by atoms with E-state index in [2.05, 4.69) is 10.6 Å². The molecule has 0 bridgehead atoms. The van der Waals surface area contributed by atoms with Crippen LogP contribution in [0.2, 0.25) is 0 Å². The van der Waals surface area contributed by atoms with E-state index >= 15 is 0 Å². The number of carbonyl (C=O) groups excluding carboxylic acids is 1. The molecule has 1 rings (SSSR count). The van der Waals surface area contributed by atoms with Crippen LogP contribution < -0.4 is 10.6 Å². The van der Waals surface area contributed by atoms with Gasteiger partial charge in [-0.25, -0.2) is 9.59 Å². The SMILES string of the molecule is CC1(NC(=O)N[C@H](CCCC(=O)O)C(=O)O)CCCOC1. The van der Waals surface area contributed by atoms with Gasteiger partial charge in [-0.3, -0.25) is 4.79 Å². The van der Waals surface area contributed by atoms with E-state index in [9.17, 15) is 14.4 Å². The van der Waals surface area contributed by atoms with Crippen LogP contribution in [0.1, 0.15) is 39.0 Å². The molecule has 0 aromatic carbocycles. The summed E-state index contributed by atoms with van der Waals surface area (Å²) in [6.07, 6.45) is 1.72. The molecule has 0 spiro atoms. The molecule has 8 heteroatoms. The van der Waals surface area contributed by atoms with Gasteiger partial charge in [0, 0.05) is 13.0 Å². The maximum Gasteiger partial charge on any atom is 0.326 e. The summed E-state index contributed by atoms with van der Waals surface area (Å²) in [4.78, 5) is 33.4. The Kier molecular flexibility index (Phi) is 6.41. The lowest BCUT2D eigenvalue weighted by Gasteiger charge is -2.34. The van der Waals surface area contributed by atoms with Gasteiger partial charge in [0.15, 0.2) is 0 Å². The second-order valence-corrected chi connectivity index (χ2v) is 5.49. The van der Waals surface area contributed by atoms with E-state index in [-0.39, 0.29) is 19.3 Å². The van der Waals surface area contributed by atoms with E-state index in [1.54, 1.807) is 0 Å². The van der Waals surface area contributed by atoms with E-state index in [0.717, 1.165) is 12.8 Å². The minimum atomic E-state index is -1.18. The smallest absolute Gasteiger partial charge is 0.326 e. The van der Waals surface area contributed by atoms with Crippen molar-refractivity contribution >= 4 is 18.0 Å². The Labute approximate surface area is 122 Å². The number of carboxylic acids is 2. The number of carbonyl (C=O) groups is 3. The van der Waals surface area contributed by atoms with Crippen LogP contribution in [0, 0.1) is 0 Å². The summed E-state index contributed by atoms with van der Waals surface area (Å²) in [7, 11) is 0. The highest BCUT2D eigenvalue weighted by Gasteiger charge is 2.30. The zero-order valence-corrected chi connectivity index (χ0v) is 12.1. The maximum absolute atomic E-state index is 11.9. The fraction of sp³-hybridized carbons (Fsp3) is 0.769. The molecular formula is C13H22N2O6. The fourth-order valence-corrected chi connectivity index (χ4v) is 2.22. The summed E-state index contributed by atoms with van der Waals surface area (Å²) in [6.45, 7) is 2.88. The molecule has 1 aliphatic rings. The van der Waals surface area contributed by atoms with Gasteiger partial charge in [0.1, 0.15) is 6.04 Å². The number of carboxylic acid groups (broad SMARTS) is 2. The third kappa shape index (κ3) is 6.44. The molecule has 21 heavy (non-hydrogen) atoms. The molecule has 120 valence electrons. The Bertz CT molecular complexity index is 392. The van der Waals surface area contributed by atoms with E-state index in [1.165, 1.54) is 0 Å². The Morgan fingerprint density at radius 1 is 1.33 bits per heavy atom. The average molecular weight is 302 g/mol. The van der Waals surface area contributed by atoms with Gasteiger partial charge in [0.25, 0.3) is 0 Å². The van der Waals surface area contributed by atoms with Crippen molar-refractivity contribution in [1.82, 2.24) is 10.6 Å². The fourth-order valence-electron chi connectivity index (χ4n) is 2.22. The van der Waals surface area contributed by atoms with Crippen molar-refractivity contribution in [2.75, 3.05) is 13.2 Å².